The van der Waals surface area contributed by atoms with Crippen molar-refractivity contribution in [2.75, 3.05) is 19.0 Å². The van der Waals surface area contributed by atoms with Gasteiger partial charge in [-0.3, -0.25) is 4.79 Å². The van der Waals surface area contributed by atoms with Gasteiger partial charge in [-0.25, -0.2) is 0 Å². The third kappa shape index (κ3) is 4.19. The fraction of sp³-hybridized carbons (Fsp3) is 0.312. The number of benzene rings is 1. The van der Waals surface area contributed by atoms with Crippen molar-refractivity contribution in [2.24, 2.45) is 0 Å². The van der Waals surface area contributed by atoms with Crippen LogP contribution in [-0.4, -0.2) is 18.3 Å². The number of rotatable bonds is 6. The van der Waals surface area contributed by atoms with Crippen LogP contribution < -0.4 is 10.9 Å². The highest BCUT2D eigenvalue weighted by atomic mass is 79.9. The van der Waals surface area contributed by atoms with Crippen molar-refractivity contribution in [1.29, 1.82) is 0 Å². The molecule has 1 heterocycles. The molecule has 0 aliphatic heterocycles. The largest absolute Gasteiger partial charge is 0.383 e. The lowest BCUT2D eigenvalue weighted by Gasteiger charge is -2.18. The molecule has 0 aliphatic carbocycles. The van der Waals surface area contributed by atoms with Gasteiger partial charge in [0.25, 0.3) is 5.56 Å². The Hall–Kier alpha value is -1.59. The summed E-state index contributed by atoms with van der Waals surface area (Å²) in [6, 6.07) is 11.6. The second kappa shape index (κ2) is 7.43. The molecule has 21 heavy (non-hydrogen) atoms. The molecule has 4 nitrogen and oxygen atoms in total. The summed E-state index contributed by atoms with van der Waals surface area (Å²) in [5.74, 6) is 0. The van der Waals surface area contributed by atoms with E-state index in [9.17, 15) is 4.79 Å². The van der Waals surface area contributed by atoms with Crippen LogP contribution in [0.3, 0.4) is 0 Å². The monoisotopic (exact) mass is 350 g/mol. The number of aromatic nitrogens is 1. The zero-order valence-corrected chi connectivity index (χ0v) is 13.8. The van der Waals surface area contributed by atoms with Crippen LogP contribution in [0.25, 0.3) is 0 Å². The van der Waals surface area contributed by atoms with Crippen molar-refractivity contribution in [3.05, 3.63) is 63.0 Å². The minimum absolute atomic E-state index is 0.0221. The average Bonchev–Trinajstić information content (AvgIpc) is 2.48. The quantitative estimate of drug-likeness (QED) is 0.867. The van der Waals surface area contributed by atoms with Crippen LogP contribution in [0.5, 0.6) is 0 Å². The van der Waals surface area contributed by atoms with E-state index >= 15 is 0 Å². The molecule has 0 bridgehead atoms. The smallest absolute Gasteiger partial charge is 0.250 e. The standard InChI is InChI=1S/C16H19BrN2O2/c1-12(14-5-3-4-6-15(14)17)18-13-7-8-16(20)19(11-13)9-10-21-2/h3-8,11-12,18H,9-10H2,1-2H3. The Bertz CT molecular complexity index is 655. The predicted octanol–water partition coefficient (Wildman–Crippen LogP) is 3.43. The molecule has 1 atom stereocenters. The van der Waals surface area contributed by atoms with Crippen LogP contribution in [-0.2, 0) is 11.3 Å². The predicted molar refractivity (Wildman–Crippen MR) is 88.8 cm³/mol. The van der Waals surface area contributed by atoms with Gasteiger partial charge in [-0.2, -0.15) is 0 Å². The van der Waals surface area contributed by atoms with Gasteiger partial charge in [0.05, 0.1) is 12.3 Å². The van der Waals surface area contributed by atoms with Crippen molar-refractivity contribution in [2.45, 2.75) is 19.5 Å². The summed E-state index contributed by atoms with van der Waals surface area (Å²) in [6.07, 6.45) is 1.83. The number of hydrogen-bond acceptors (Lipinski definition) is 3. The Balaban J connectivity index is 2.16. The highest BCUT2D eigenvalue weighted by molar-refractivity contribution is 9.10. The van der Waals surface area contributed by atoms with Crippen molar-refractivity contribution < 1.29 is 4.74 Å². The summed E-state index contributed by atoms with van der Waals surface area (Å²) in [6.45, 7) is 3.15. The molecule has 2 aromatic rings. The van der Waals surface area contributed by atoms with Crippen molar-refractivity contribution in [3.63, 3.8) is 0 Å². The van der Waals surface area contributed by atoms with Crippen LogP contribution in [0.4, 0.5) is 5.69 Å². The molecule has 0 radical (unpaired) electrons. The summed E-state index contributed by atoms with van der Waals surface area (Å²) in [5.41, 5.74) is 2.06. The van der Waals surface area contributed by atoms with E-state index in [0.29, 0.717) is 13.2 Å². The maximum atomic E-state index is 11.8. The minimum Gasteiger partial charge on any atom is -0.383 e. The topological polar surface area (TPSA) is 43.3 Å². The number of hydrogen-bond donors (Lipinski definition) is 1. The Morgan fingerprint density at radius 1 is 1.29 bits per heavy atom. The maximum Gasteiger partial charge on any atom is 0.250 e. The van der Waals surface area contributed by atoms with Crippen molar-refractivity contribution in [1.82, 2.24) is 4.57 Å². The van der Waals surface area contributed by atoms with Crippen molar-refractivity contribution >= 4 is 21.6 Å². The number of halogens is 1. The molecule has 112 valence electrons. The third-order valence-electron chi connectivity index (χ3n) is 3.27. The summed E-state index contributed by atoms with van der Waals surface area (Å²) in [4.78, 5) is 11.8. The number of methoxy groups -OCH3 is 1. The third-order valence-corrected chi connectivity index (χ3v) is 4.00. The summed E-state index contributed by atoms with van der Waals surface area (Å²) in [5, 5.41) is 3.41. The molecule has 1 N–H and O–H groups in total. The molecule has 5 heteroatoms. The summed E-state index contributed by atoms with van der Waals surface area (Å²) >= 11 is 3.56. The van der Waals surface area contributed by atoms with Crippen LogP contribution in [0.15, 0.2) is 51.9 Å². The number of anilines is 1. The van der Waals surface area contributed by atoms with Gasteiger partial charge in [-0.1, -0.05) is 34.1 Å². The molecule has 2 rings (SSSR count). The Kier molecular flexibility index (Phi) is 5.59. The molecule has 1 aromatic heterocycles. The van der Waals surface area contributed by atoms with E-state index in [2.05, 4.69) is 34.2 Å². The Labute approximate surface area is 132 Å². The first-order valence-corrected chi connectivity index (χ1v) is 7.61. The van der Waals surface area contributed by atoms with Crippen LogP contribution in [0.2, 0.25) is 0 Å². The number of ether oxygens (including phenoxy) is 1. The fourth-order valence-electron chi connectivity index (χ4n) is 2.14. The molecule has 0 saturated heterocycles. The van der Waals surface area contributed by atoms with E-state index in [1.165, 1.54) is 5.56 Å². The zero-order valence-electron chi connectivity index (χ0n) is 12.2. The molecular weight excluding hydrogens is 332 g/mol. The number of nitrogens with zero attached hydrogens (tertiary/aromatic N) is 1. The lowest BCUT2D eigenvalue weighted by molar-refractivity contribution is 0.186. The lowest BCUT2D eigenvalue weighted by Crippen LogP contribution is -2.21. The number of nitrogens with one attached hydrogen (secondary N) is 1. The first-order valence-electron chi connectivity index (χ1n) is 6.82. The molecule has 0 aliphatic rings. The zero-order chi connectivity index (χ0) is 15.2. The van der Waals surface area contributed by atoms with Crippen LogP contribution >= 0.6 is 15.9 Å². The molecule has 1 aromatic carbocycles. The minimum atomic E-state index is -0.0221. The lowest BCUT2D eigenvalue weighted by atomic mass is 10.1. The summed E-state index contributed by atoms with van der Waals surface area (Å²) in [7, 11) is 1.63. The van der Waals surface area contributed by atoms with E-state index in [1.807, 2.05) is 24.4 Å². The Morgan fingerprint density at radius 3 is 2.76 bits per heavy atom. The molecule has 0 saturated carbocycles. The fourth-order valence-corrected chi connectivity index (χ4v) is 2.76. The molecular formula is C16H19BrN2O2. The molecule has 0 fully saturated rings. The van der Waals surface area contributed by atoms with Gasteiger partial charge in [-0.05, 0) is 24.6 Å². The summed E-state index contributed by atoms with van der Waals surface area (Å²) < 4.78 is 7.74. The highest BCUT2D eigenvalue weighted by Gasteiger charge is 2.09. The molecule has 0 amide bonds. The second-order valence-electron chi connectivity index (χ2n) is 4.83. The van der Waals surface area contributed by atoms with Gasteiger partial charge in [-0.15, -0.1) is 0 Å². The van der Waals surface area contributed by atoms with Gasteiger partial charge >= 0.3 is 0 Å². The van der Waals surface area contributed by atoms with E-state index < -0.39 is 0 Å². The average molecular weight is 351 g/mol. The first kappa shape index (κ1) is 15.8. The van der Waals surface area contributed by atoms with Gasteiger partial charge in [0.1, 0.15) is 0 Å². The van der Waals surface area contributed by atoms with E-state index in [1.54, 1.807) is 23.8 Å². The van der Waals surface area contributed by atoms with E-state index in [4.69, 9.17) is 4.74 Å². The first-order chi connectivity index (χ1) is 10.1. The second-order valence-corrected chi connectivity index (χ2v) is 5.68. The van der Waals surface area contributed by atoms with Gasteiger partial charge in [0, 0.05) is 36.4 Å². The van der Waals surface area contributed by atoms with Crippen LogP contribution in [0.1, 0.15) is 18.5 Å². The highest BCUT2D eigenvalue weighted by Crippen LogP contribution is 2.25. The maximum absolute atomic E-state index is 11.8. The van der Waals surface area contributed by atoms with E-state index in [0.717, 1.165) is 10.2 Å². The SMILES string of the molecule is COCCn1cc(NC(C)c2ccccc2Br)ccc1=O. The van der Waals surface area contributed by atoms with Crippen molar-refractivity contribution in [3.8, 4) is 0 Å². The van der Waals surface area contributed by atoms with Gasteiger partial charge in [0.15, 0.2) is 0 Å². The Morgan fingerprint density at radius 2 is 2.05 bits per heavy atom. The van der Waals surface area contributed by atoms with Gasteiger partial charge < -0.3 is 14.6 Å². The van der Waals surface area contributed by atoms with Crippen LogP contribution in [0, 0.1) is 0 Å². The van der Waals surface area contributed by atoms with E-state index in [-0.39, 0.29) is 11.6 Å². The van der Waals surface area contributed by atoms with Gasteiger partial charge in [0.2, 0.25) is 0 Å². The normalized spacial score (nSPS) is 12.1. The molecule has 1 unspecified atom stereocenters. The molecule has 0 spiro atoms. The number of pyridine rings is 1.